The Labute approximate surface area is 113 Å². The van der Waals surface area contributed by atoms with Crippen molar-refractivity contribution in [2.45, 2.75) is 32.1 Å². The summed E-state index contributed by atoms with van der Waals surface area (Å²) in [6.45, 7) is 0.657. The standard InChI is InChI=1S/C14H20N2O3/c1-15-12-7-13(16(17)18)9-14(8-12)19-10-11-5-3-2-4-6-11/h7-9,11,15H,2-6,10H2,1H3. The van der Waals surface area contributed by atoms with Crippen LogP contribution >= 0.6 is 0 Å². The number of nitro groups is 1. The molecular weight excluding hydrogens is 244 g/mol. The second-order valence-electron chi connectivity index (χ2n) is 5.04. The predicted octanol–water partition coefficient (Wildman–Crippen LogP) is 3.60. The van der Waals surface area contributed by atoms with Crippen LogP contribution < -0.4 is 10.1 Å². The van der Waals surface area contributed by atoms with Crippen molar-refractivity contribution in [1.29, 1.82) is 0 Å². The van der Waals surface area contributed by atoms with Gasteiger partial charge in [0.05, 0.1) is 17.6 Å². The van der Waals surface area contributed by atoms with Gasteiger partial charge in [-0.1, -0.05) is 19.3 Å². The maximum atomic E-state index is 10.8. The van der Waals surface area contributed by atoms with Gasteiger partial charge in [-0.25, -0.2) is 0 Å². The van der Waals surface area contributed by atoms with Gasteiger partial charge in [0, 0.05) is 24.9 Å². The van der Waals surface area contributed by atoms with Crippen LogP contribution in [0.3, 0.4) is 0 Å². The third kappa shape index (κ3) is 3.84. The van der Waals surface area contributed by atoms with Crippen molar-refractivity contribution in [3.8, 4) is 5.75 Å². The fourth-order valence-corrected chi connectivity index (χ4v) is 2.48. The number of nitrogens with zero attached hydrogens (tertiary/aromatic N) is 1. The minimum absolute atomic E-state index is 0.0606. The highest BCUT2D eigenvalue weighted by Crippen LogP contribution is 2.28. The molecule has 0 atom stereocenters. The maximum Gasteiger partial charge on any atom is 0.275 e. The normalized spacial score (nSPS) is 16.1. The first-order valence-electron chi connectivity index (χ1n) is 6.79. The van der Waals surface area contributed by atoms with E-state index in [1.165, 1.54) is 44.2 Å². The number of rotatable bonds is 5. The molecule has 1 aromatic rings. The summed E-state index contributed by atoms with van der Waals surface area (Å²) in [5.41, 5.74) is 0.762. The minimum atomic E-state index is -0.395. The van der Waals surface area contributed by atoms with Crippen LogP contribution in [0.4, 0.5) is 11.4 Å². The third-order valence-electron chi connectivity index (χ3n) is 3.60. The fourth-order valence-electron chi connectivity index (χ4n) is 2.48. The average molecular weight is 264 g/mol. The number of nitrogens with one attached hydrogen (secondary N) is 1. The largest absolute Gasteiger partial charge is 0.493 e. The number of anilines is 1. The number of benzene rings is 1. The summed E-state index contributed by atoms with van der Waals surface area (Å²) >= 11 is 0. The molecule has 0 bridgehead atoms. The summed E-state index contributed by atoms with van der Waals surface area (Å²) in [6.07, 6.45) is 6.26. The van der Waals surface area contributed by atoms with Crippen LogP contribution in [0, 0.1) is 16.0 Å². The zero-order valence-electron chi connectivity index (χ0n) is 11.2. The van der Waals surface area contributed by atoms with Gasteiger partial charge in [0.1, 0.15) is 5.75 Å². The summed E-state index contributed by atoms with van der Waals surface area (Å²) in [7, 11) is 1.74. The molecule has 5 heteroatoms. The van der Waals surface area contributed by atoms with Crippen LogP contribution in [0.5, 0.6) is 5.75 Å². The lowest BCUT2D eigenvalue weighted by molar-refractivity contribution is -0.384. The van der Waals surface area contributed by atoms with Gasteiger partial charge >= 0.3 is 0 Å². The van der Waals surface area contributed by atoms with Crippen molar-refractivity contribution in [2.75, 3.05) is 19.0 Å². The molecule has 104 valence electrons. The van der Waals surface area contributed by atoms with Gasteiger partial charge in [-0.05, 0) is 18.8 Å². The highest BCUT2D eigenvalue weighted by atomic mass is 16.6. The number of non-ortho nitro benzene ring substituents is 1. The first kappa shape index (κ1) is 13.6. The number of nitro benzene ring substituents is 1. The van der Waals surface area contributed by atoms with Crippen LogP contribution in [0.25, 0.3) is 0 Å². The quantitative estimate of drug-likeness (QED) is 0.652. The Bertz CT molecular complexity index is 442. The van der Waals surface area contributed by atoms with E-state index < -0.39 is 4.92 Å². The predicted molar refractivity (Wildman–Crippen MR) is 74.7 cm³/mol. The summed E-state index contributed by atoms with van der Waals surface area (Å²) in [4.78, 5) is 10.5. The lowest BCUT2D eigenvalue weighted by atomic mass is 9.90. The Morgan fingerprint density at radius 1 is 1.32 bits per heavy atom. The number of ether oxygens (including phenoxy) is 1. The molecule has 1 N–H and O–H groups in total. The fraction of sp³-hybridized carbons (Fsp3) is 0.571. The molecule has 1 aliphatic carbocycles. The Morgan fingerprint density at radius 3 is 2.68 bits per heavy atom. The molecule has 0 saturated heterocycles. The van der Waals surface area contributed by atoms with Crippen molar-refractivity contribution in [1.82, 2.24) is 0 Å². The van der Waals surface area contributed by atoms with Gasteiger partial charge in [-0.15, -0.1) is 0 Å². The van der Waals surface area contributed by atoms with Crippen molar-refractivity contribution in [3.05, 3.63) is 28.3 Å². The Kier molecular flexibility index (Phi) is 4.60. The number of hydrogen-bond donors (Lipinski definition) is 1. The van der Waals surface area contributed by atoms with E-state index in [2.05, 4.69) is 5.32 Å². The van der Waals surface area contributed by atoms with Crippen molar-refractivity contribution >= 4 is 11.4 Å². The molecule has 0 unspecified atom stereocenters. The molecular formula is C14H20N2O3. The molecule has 0 aliphatic heterocycles. The summed E-state index contributed by atoms with van der Waals surface area (Å²) < 4.78 is 5.73. The molecule has 0 heterocycles. The lowest BCUT2D eigenvalue weighted by Gasteiger charge is -2.21. The van der Waals surface area contributed by atoms with E-state index in [1.807, 2.05) is 0 Å². The SMILES string of the molecule is CNc1cc(OCC2CCCCC2)cc([N+](=O)[O-])c1. The second kappa shape index (κ2) is 6.41. The van der Waals surface area contributed by atoms with E-state index in [0.29, 0.717) is 24.0 Å². The second-order valence-corrected chi connectivity index (χ2v) is 5.04. The molecule has 0 radical (unpaired) electrons. The van der Waals surface area contributed by atoms with Crippen LogP contribution in [-0.2, 0) is 0 Å². The summed E-state index contributed by atoms with van der Waals surface area (Å²) in [5.74, 6) is 1.16. The molecule has 2 rings (SSSR count). The Balaban J connectivity index is 2.02. The molecule has 1 aromatic carbocycles. The molecule has 0 spiro atoms. The molecule has 1 aliphatic rings. The molecule has 19 heavy (non-hydrogen) atoms. The summed E-state index contributed by atoms with van der Waals surface area (Å²) in [6, 6.07) is 4.80. The van der Waals surface area contributed by atoms with Gasteiger partial charge in [0.2, 0.25) is 0 Å². The van der Waals surface area contributed by atoms with Crippen LogP contribution in [0.2, 0.25) is 0 Å². The highest BCUT2D eigenvalue weighted by molar-refractivity contribution is 5.56. The topological polar surface area (TPSA) is 64.4 Å². The zero-order chi connectivity index (χ0) is 13.7. The van der Waals surface area contributed by atoms with E-state index in [-0.39, 0.29) is 5.69 Å². The van der Waals surface area contributed by atoms with E-state index >= 15 is 0 Å². The zero-order valence-corrected chi connectivity index (χ0v) is 11.2. The van der Waals surface area contributed by atoms with Crippen molar-refractivity contribution < 1.29 is 9.66 Å². The monoisotopic (exact) mass is 264 g/mol. The minimum Gasteiger partial charge on any atom is -0.493 e. The average Bonchev–Trinajstić information content (AvgIpc) is 2.45. The van der Waals surface area contributed by atoms with Crippen molar-refractivity contribution in [3.63, 3.8) is 0 Å². The lowest BCUT2D eigenvalue weighted by Crippen LogP contribution is -2.15. The van der Waals surface area contributed by atoms with Crippen molar-refractivity contribution in [2.24, 2.45) is 5.92 Å². The molecule has 1 saturated carbocycles. The maximum absolute atomic E-state index is 10.8. The Hall–Kier alpha value is -1.78. The highest BCUT2D eigenvalue weighted by Gasteiger charge is 2.15. The van der Waals surface area contributed by atoms with Gasteiger partial charge in [-0.2, -0.15) is 0 Å². The van der Waals surface area contributed by atoms with Crippen LogP contribution in [0.1, 0.15) is 32.1 Å². The van der Waals surface area contributed by atoms with Gasteiger partial charge in [0.15, 0.2) is 0 Å². The number of hydrogen-bond acceptors (Lipinski definition) is 4. The van der Waals surface area contributed by atoms with E-state index in [9.17, 15) is 10.1 Å². The summed E-state index contributed by atoms with van der Waals surface area (Å²) in [5, 5.41) is 13.8. The van der Waals surface area contributed by atoms with Crippen LogP contribution in [-0.4, -0.2) is 18.6 Å². The Morgan fingerprint density at radius 2 is 2.05 bits per heavy atom. The smallest absolute Gasteiger partial charge is 0.275 e. The van der Waals surface area contributed by atoms with Gasteiger partial charge in [-0.3, -0.25) is 10.1 Å². The van der Waals surface area contributed by atoms with E-state index in [4.69, 9.17) is 4.74 Å². The molecule has 0 aromatic heterocycles. The van der Waals surface area contributed by atoms with E-state index in [0.717, 1.165) is 0 Å². The third-order valence-corrected chi connectivity index (χ3v) is 3.60. The van der Waals surface area contributed by atoms with E-state index in [1.54, 1.807) is 13.1 Å². The molecule has 0 amide bonds. The van der Waals surface area contributed by atoms with Crippen LogP contribution in [0.15, 0.2) is 18.2 Å². The van der Waals surface area contributed by atoms with Gasteiger partial charge < -0.3 is 10.1 Å². The van der Waals surface area contributed by atoms with Gasteiger partial charge in [0.25, 0.3) is 5.69 Å². The molecule has 5 nitrogen and oxygen atoms in total. The first-order valence-corrected chi connectivity index (χ1v) is 6.79. The first-order chi connectivity index (χ1) is 9.19. The molecule has 1 fully saturated rings.